The van der Waals surface area contributed by atoms with Crippen LogP contribution < -0.4 is 0 Å². The highest BCUT2D eigenvalue weighted by Crippen LogP contribution is 2.20. The van der Waals surface area contributed by atoms with Gasteiger partial charge in [0.25, 0.3) is 0 Å². The summed E-state index contributed by atoms with van der Waals surface area (Å²) in [5.74, 6) is 5.00. The average Bonchev–Trinajstić information content (AvgIpc) is 4.25. The van der Waals surface area contributed by atoms with Crippen molar-refractivity contribution in [3.63, 3.8) is 0 Å². The Morgan fingerprint density at radius 1 is 0.282 bits per heavy atom. The van der Waals surface area contributed by atoms with E-state index in [4.69, 9.17) is 0 Å². The van der Waals surface area contributed by atoms with Crippen molar-refractivity contribution in [1.29, 1.82) is 0 Å². The molecule has 0 fully saturated rings. The molecule has 1 aromatic carbocycles. The van der Waals surface area contributed by atoms with Crippen LogP contribution in [-0.4, -0.2) is 29.9 Å². The van der Waals surface area contributed by atoms with Crippen LogP contribution in [-0.2, 0) is 38.5 Å². The number of nitrogens with zero attached hydrogens (tertiary/aromatic N) is 6. The minimum Gasteiger partial charge on any atom is -0.264 e. The molecular formula is C72H102N6. The van der Waals surface area contributed by atoms with Crippen molar-refractivity contribution in [2.45, 2.75) is 163 Å². The van der Waals surface area contributed by atoms with Crippen LogP contribution >= 0.6 is 0 Å². The van der Waals surface area contributed by atoms with E-state index in [9.17, 15) is 0 Å². The van der Waals surface area contributed by atoms with Gasteiger partial charge in [0.2, 0.25) is 0 Å². The fourth-order valence-corrected chi connectivity index (χ4v) is 6.48. The SMILES string of the molecule is C1=Cc2ccccc2C1.C1=Cc2cccnc2C1.C1=Cc2ccncc2C1.C1=Cc2cnccc2C1.C1=Cc2cncnc2C1.C1=Cc2ncccc2C1.CC(C)C.CC(C)C.CC(C)C.CC(C)C.CC(C)C.CC(C)C. The summed E-state index contributed by atoms with van der Waals surface area (Å²) in [5, 5.41) is 0. The maximum atomic E-state index is 4.20. The van der Waals surface area contributed by atoms with Gasteiger partial charge in [-0.2, -0.15) is 0 Å². The van der Waals surface area contributed by atoms with Gasteiger partial charge in [-0.25, -0.2) is 9.97 Å². The molecule has 420 valence electrons. The summed E-state index contributed by atoms with van der Waals surface area (Å²) in [7, 11) is 0. The van der Waals surface area contributed by atoms with Gasteiger partial charge in [-0.15, -0.1) is 0 Å². The van der Waals surface area contributed by atoms with Crippen molar-refractivity contribution < 1.29 is 0 Å². The van der Waals surface area contributed by atoms with E-state index < -0.39 is 0 Å². The molecule has 5 heterocycles. The third-order valence-corrected chi connectivity index (χ3v) is 9.36. The van der Waals surface area contributed by atoms with E-state index in [1.165, 1.54) is 50.2 Å². The molecule has 0 radical (unpaired) electrons. The molecule has 0 N–H and O–H groups in total. The van der Waals surface area contributed by atoms with Crippen molar-refractivity contribution in [1.82, 2.24) is 29.9 Å². The van der Waals surface area contributed by atoms with Crippen LogP contribution in [0.4, 0.5) is 0 Å². The third kappa shape index (κ3) is 35.6. The minimum atomic E-state index is 0.833. The van der Waals surface area contributed by atoms with Gasteiger partial charge in [-0.1, -0.05) is 228 Å². The molecule has 0 unspecified atom stereocenters. The lowest BCUT2D eigenvalue weighted by atomic mass is 10.1. The minimum absolute atomic E-state index is 0.833. The van der Waals surface area contributed by atoms with E-state index in [1.54, 1.807) is 6.33 Å². The second kappa shape index (κ2) is 42.4. The first kappa shape index (κ1) is 69.4. The first-order chi connectivity index (χ1) is 37.2. The van der Waals surface area contributed by atoms with E-state index in [1.807, 2.05) is 61.6 Å². The van der Waals surface area contributed by atoms with Gasteiger partial charge < -0.3 is 0 Å². The molecule has 6 aromatic rings. The molecule has 0 aliphatic heterocycles. The third-order valence-electron chi connectivity index (χ3n) is 9.36. The molecule has 5 aromatic heterocycles. The molecule has 0 saturated carbocycles. The summed E-state index contributed by atoms with van der Waals surface area (Å²) in [6, 6.07) is 20.7. The van der Waals surface area contributed by atoms with Crippen LogP contribution in [0.1, 0.15) is 192 Å². The van der Waals surface area contributed by atoms with Gasteiger partial charge in [0, 0.05) is 61.8 Å². The zero-order valence-corrected chi connectivity index (χ0v) is 51.7. The van der Waals surface area contributed by atoms with E-state index in [0.29, 0.717) is 0 Å². The fourth-order valence-electron chi connectivity index (χ4n) is 6.48. The van der Waals surface area contributed by atoms with Gasteiger partial charge in [0.05, 0.1) is 17.1 Å². The number of allylic oxidation sites excluding steroid dienone is 6. The molecule has 0 spiro atoms. The number of aromatic nitrogens is 6. The summed E-state index contributed by atoms with van der Waals surface area (Å²) in [6.45, 7) is 39.0. The standard InChI is InChI=1S/C9H8.4C8H7N.C7H6N2.6C4H10/c1-2-5-9-7-3-6-8(9)4-1;2*1-3-7-4-2-6-9-8(7)5-1;2*1-2-7-4-5-9-6-8(7)3-1;1-2-6-4-8-5-9-7(6)3-1;6*1-4(2)3/h1-6H,7H2;1-2,4-6H,3H2;1-4,6H,5H2;1,3-6H,2H2;1-2,4-6H,3H2;1-2,4-5H,3H2;6*4H,1-3H3. The summed E-state index contributed by atoms with van der Waals surface area (Å²) in [4.78, 5) is 24.4. The van der Waals surface area contributed by atoms with Crippen molar-refractivity contribution in [2.24, 2.45) is 35.5 Å². The van der Waals surface area contributed by atoms with Crippen molar-refractivity contribution in [3.8, 4) is 0 Å². The molecule has 0 atom stereocenters. The lowest BCUT2D eigenvalue weighted by Crippen LogP contribution is -1.86. The number of pyridine rings is 4. The molecule has 6 aliphatic carbocycles. The Kier molecular flexibility index (Phi) is 37.7. The molecule has 78 heavy (non-hydrogen) atoms. The van der Waals surface area contributed by atoms with Crippen LogP contribution in [0.5, 0.6) is 0 Å². The molecule has 0 saturated heterocycles. The van der Waals surface area contributed by atoms with Crippen LogP contribution in [0.15, 0.2) is 147 Å². The summed E-state index contributed by atoms with van der Waals surface area (Å²) in [5.41, 5.74) is 15.5. The van der Waals surface area contributed by atoms with E-state index in [0.717, 1.165) is 91.0 Å². The monoisotopic (exact) mass is 1050 g/mol. The molecule has 6 aliphatic rings. The average molecular weight is 1050 g/mol. The van der Waals surface area contributed by atoms with Crippen LogP contribution in [0.2, 0.25) is 0 Å². The first-order valence-corrected chi connectivity index (χ1v) is 28.8. The zero-order chi connectivity index (χ0) is 58.1. The summed E-state index contributed by atoms with van der Waals surface area (Å²) in [6.07, 6.45) is 46.4. The fraction of sp³-hybridized carbons (Fsp3) is 0.417. The second-order valence-corrected chi connectivity index (χ2v) is 23.4. The number of benzene rings is 1. The number of hydrogen-bond acceptors (Lipinski definition) is 6. The van der Waals surface area contributed by atoms with Crippen molar-refractivity contribution in [2.75, 3.05) is 0 Å². The topological polar surface area (TPSA) is 77.3 Å². The zero-order valence-electron chi connectivity index (χ0n) is 51.7. The highest BCUT2D eigenvalue weighted by molar-refractivity contribution is 5.61. The Labute approximate surface area is 476 Å². The molecule has 0 bridgehead atoms. The van der Waals surface area contributed by atoms with Crippen molar-refractivity contribution >= 4 is 36.5 Å². The predicted octanol–water partition coefficient (Wildman–Crippen LogP) is 19.9. The second-order valence-electron chi connectivity index (χ2n) is 23.4. The summed E-state index contributed by atoms with van der Waals surface area (Å²) >= 11 is 0. The number of fused-ring (bicyclic) bond motifs is 6. The summed E-state index contributed by atoms with van der Waals surface area (Å²) < 4.78 is 0. The molecule has 6 nitrogen and oxygen atoms in total. The lowest BCUT2D eigenvalue weighted by molar-refractivity contribution is 0.736. The quantitative estimate of drug-likeness (QED) is 0.151. The molecule has 0 amide bonds. The van der Waals surface area contributed by atoms with Crippen LogP contribution in [0.25, 0.3) is 36.5 Å². The Balaban J connectivity index is 0.000000434. The smallest absolute Gasteiger partial charge is 0.115 e. The largest absolute Gasteiger partial charge is 0.264 e. The normalized spacial score (nSPS) is 12.3. The van der Waals surface area contributed by atoms with E-state index in [-0.39, 0.29) is 0 Å². The Hall–Kier alpha value is -6.66. The first-order valence-electron chi connectivity index (χ1n) is 28.8. The highest BCUT2D eigenvalue weighted by atomic mass is 14.8. The van der Waals surface area contributed by atoms with Gasteiger partial charge in [0.15, 0.2) is 0 Å². The van der Waals surface area contributed by atoms with Crippen molar-refractivity contribution in [3.05, 3.63) is 214 Å². The highest BCUT2D eigenvalue weighted by Gasteiger charge is 2.06. The van der Waals surface area contributed by atoms with E-state index >= 15 is 0 Å². The maximum absolute atomic E-state index is 4.20. The number of rotatable bonds is 0. The Bertz CT molecular complexity index is 2180. The number of hydrogen-bond donors (Lipinski definition) is 0. The van der Waals surface area contributed by atoms with Gasteiger partial charge >= 0.3 is 0 Å². The van der Waals surface area contributed by atoms with Gasteiger partial charge in [-0.3, -0.25) is 19.9 Å². The Morgan fingerprint density at radius 2 is 0.667 bits per heavy atom. The van der Waals surface area contributed by atoms with Gasteiger partial charge in [-0.05, 0) is 136 Å². The van der Waals surface area contributed by atoms with Crippen LogP contribution in [0.3, 0.4) is 0 Å². The lowest BCUT2D eigenvalue weighted by Gasteiger charge is -1.93. The Morgan fingerprint density at radius 3 is 1.21 bits per heavy atom. The van der Waals surface area contributed by atoms with E-state index in [2.05, 4.69) is 270 Å². The van der Waals surface area contributed by atoms with Gasteiger partial charge in [0.1, 0.15) is 6.33 Å². The molecular weight excluding hydrogens is 949 g/mol. The molecule has 12 rings (SSSR count). The van der Waals surface area contributed by atoms with Crippen LogP contribution in [0, 0.1) is 35.5 Å². The molecule has 6 heteroatoms. The maximum Gasteiger partial charge on any atom is 0.115 e. The predicted molar refractivity (Wildman–Crippen MR) is 345 cm³/mol.